The van der Waals surface area contributed by atoms with Crippen LogP contribution in [0.5, 0.6) is 11.5 Å². The second-order valence-corrected chi connectivity index (χ2v) is 8.87. The van der Waals surface area contributed by atoms with Crippen molar-refractivity contribution >= 4 is 35.5 Å². The maximum Gasteiger partial charge on any atom is 0.262 e. The number of hydrogen-bond acceptors (Lipinski definition) is 6. The molecule has 0 aliphatic carbocycles. The molecule has 3 rings (SSSR count). The Kier molecular flexibility index (Phi) is 9.74. The van der Waals surface area contributed by atoms with Crippen molar-refractivity contribution in [1.29, 1.82) is 0 Å². The molecule has 7 nitrogen and oxygen atoms in total. The Morgan fingerprint density at radius 2 is 1.69 bits per heavy atom. The minimum Gasteiger partial charge on any atom is -0.495 e. The predicted octanol–water partition coefficient (Wildman–Crippen LogP) is 4.71. The molecule has 182 valence electrons. The first kappa shape index (κ1) is 25.8. The summed E-state index contributed by atoms with van der Waals surface area (Å²) in [7, 11) is 1.55. The van der Waals surface area contributed by atoms with Gasteiger partial charge >= 0.3 is 0 Å². The highest BCUT2D eigenvalue weighted by atomic mass is 32.2. The van der Waals surface area contributed by atoms with E-state index in [1.54, 1.807) is 61.5 Å². The molecule has 0 aliphatic heterocycles. The van der Waals surface area contributed by atoms with Gasteiger partial charge in [-0.2, -0.15) is 5.10 Å². The van der Waals surface area contributed by atoms with E-state index >= 15 is 0 Å². The summed E-state index contributed by atoms with van der Waals surface area (Å²) in [6.07, 6.45) is 1.56. The lowest BCUT2D eigenvalue weighted by atomic mass is 10.1. The van der Waals surface area contributed by atoms with Gasteiger partial charge in [0.1, 0.15) is 11.5 Å². The highest BCUT2D eigenvalue weighted by Crippen LogP contribution is 2.23. The van der Waals surface area contributed by atoms with Crippen molar-refractivity contribution in [3.63, 3.8) is 0 Å². The van der Waals surface area contributed by atoms with Crippen LogP contribution >= 0.6 is 11.8 Å². The molecule has 0 heterocycles. The van der Waals surface area contributed by atoms with Crippen molar-refractivity contribution in [1.82, 2.24) is 5.43 Å². The first-order chi connectivity index (χ1) is 16.9. The topological polar surface area (TPSA) is 89.0 Å². The van der Waals surface area contributed by atoms with Crippen LogP contribution in [0, 0.1) is 13.8 Å². The van der Waals surface area contributed by atoms with Gasteiger partial charge in [-0.25, -0.2) is 5.43 Å². The number of ether oxygens (including phenoxy) is 2. The Balaban J connectivity index is 1.38. The second kappa shape index (κ2) is 13.2. The van der Waals surface area contributed by atoms with Gasteiger partial charge in [-0.3, -0.25) is 9.59 Å². The zero-order chi connectivity index (χ0) is 25.0. The number of benzene rings is 3. The van der Waals surface area contributed by atoms with Crippen LogP contribution in [-0.4, -0.2) is 37.5 Å². The fourth-order valence-corrected chi connectivity index (χ4v) is 4.11. The second-order valence-electron chi connectivity index (χ2n) is 7.89. The molecule has 2 amide bonds. The van der Waals surface area contributed by atoms with Crippen molar-refractivity contribution in [3.05, 3.63) is 89.0 Å². The Morgan fingerprint density at radius 3 is 2.40 bits per heavy atom. The molecule has 0 bridgehead atoms. The van der Waals surface area contributed by atoms with E-state index < -0.39 is 0 Å². The summed E-state index contributed by atoms with van der Waals surface area (Å²) >= 11 is 1.55. The van der Waals surface area contributed by atoms with Crippen molar-refractivity contribution in [2.75, 3.05) is 24.8 Å². The Bertz CT molecular complexity index is 1160. The number of hydrazone groups is 1. The van der Waals surface area contributed by atoms with Crippen LogP contribution in [0.4, 0.5) is 5.69 Å². The van der Waals surface area contributed by atoms with Gasteiger partial charge in [-0.05, 0) is 61.4 Å². The van der Waals surface area contributed by atoms with Crippen LogP contribution in [0.25, 0.3) is 0 Å². The number of nitrogens with zero attached hydrogens (tertiary/aromatic N) is 1. The Morgan fingerprint density at radius 1 is 0.971 bits per heavy atom. The average Bonchev–Trinajstić information content (AvgIpc) is 2.83. The van der Waals surface area contributed by atoms with Crippen LogP contribution in [-0.2, 0) is 15.3 Å². The highest BCUT2D eigenvalue weighted by Gasteiger charge is 2.08. The lowest BCUT2D eigenvalue weighted by molar-refractivity contribution is -0.119. The summed E-state index contributed by atoms with van der Waals surface area (Å²) in [5, 5.41) is 6.77. The number of para-hydroxylation sites is 2. The molecule has 0 saturated heterocycles. The number of carbonyl (C=O) groups excluding carboxylic acids is 2. The number of anilines is 1. The SMILES string of the molecule is COc1ccccc1NC(=O)COc1ccc(/C=N\NC(=O)CSCc2cc(C)cc(C)c2)cc1. The van der Waals surface area contributed by atoms with E-state index in [-0.39, 0.29) is 18.4 Å². The third-order valence-corrected chi connectivity index (χ3v) is 5.82. The third kappa shape index (κ3) is 8.83. The summed E-state index contributed by atoms with van der Waals surface area (Å²) in [6, 6.07) is 20.6. The largest absolute Gasteiger partial charge is 0.495 e. The van der Waals surface area contributed by atoms with Gasteiger partial charge in [-0.1, -0.05) is 41.5 Å². The summed E-state index contributed by atoms with van der Waals surface area (Å²) in [5.74, 6) is 1.78. The summed E-state index contributed by atoms with van der Waals surface area (Å²) in [4.78, 5) is 24.2. The third-order valence-electron chi connectivity index (χ3n) is 4.82. The van der Waals surface area contributed by atoms with Gasteiger partial charge in [0.25, 0.3) is 5.91 Å². The molecule has 0 aliphatic rings. The van der Waals surface area contributed by atoms with Crippen LogP contribution in [0.15, 0.2) is 71.8 Å². The molecular formula is C27H29N3O4S. The molecule has 3 aromatic carbocycles. The fourth-order valence-electron chi connectivity index (χ4n) is 3.36. The van der Waals surface area contributed by atoms with E-state index in [1.165, 1.54) is 16.7 Å². The van der Waals surface area contributed by atoms with Crippen LogP contribution in [0.3, 0.4) is 0 Å². The van der Waals surface area contributed by atoms with Crippen LogP contribution in [0.1, 0.15) is 22.3 Å². The molecule has 0 spiro atoms. The van der Waals surface area contributed by atoms with E-state index in [4.69, 9.17) is 9.47 Å². The van der Waals surface area contributed by atoms with Gasteiger partial charge in [0.15, 0.2) is 6.61 Å². The zero-order valence-electron chi connectivity index (χ0n) is 20.0. The molecule has 0 fully saturated rings. The number of thioether (sulfide) groups is 1. The number of rotatable bonds is 11. The van der Waals surface area contributed by atoms with Gasteiger partial charge in [0, 0.05) is 5.75 Å². The fraction of sp³-hybridized carbons (Fsp3) is 0.222. The molecule has 0 radical (unpaired) electrons. The monoisotopic (exact) mass is 491 g/mol. The van der Waals surface area contributed by atoms with Crippen molar-refractivity contribution in [3.8, 4) is 11.5 Å². The number of aryl methyl sites for hydroxylation is 2. The zero-order valence-corrected chi connectivity index (χ0v) is 20.9. The number of carbonyl (C=O) groups is 2. The Hall–Kier alpha value is -3.78. The molecule has 35 heavy (non-hydrogen) atoms. The first-order valence-corrected chi connectivity index (χ1v) is 12.2. The maximum absolute atomic E-state index is 12.2. The molecular weight excluding hydrogens is 462 g/mol. The van der Waals surface area contributed by atoms with Gasteiger partial charge < -0.3 is 14.8 Å². The van der Waals surface area contributed by atoms with Gasteiger partial charge in [-0.15, -0.1) is 11.8 Å². The number of hydrogen-bond donors (Lipinski definition) is 2. The van der Waals surface area contributed by atoms with E-state index in [9.17, 15) is 9.59 Å². The van der Waals surface area contributed by atoms with Crippen molar-refractivity contribution < 1.29 is 19.1 Å². The maximum atomic E-state index is 12.2. The van der Waals surface area contributed by atoms with Crippen molar-refractivity contribution in [2.45, 2.75) is 19.6 Å². The predicted molar refractivity (Wildman–Crippen MR) is 141 cm³/mol. The highest BCUT2D eigenvalue weighted by molar-refractivity contribution is 7.99. The molecule has 0 saturated carbocycles. The van der Waals surface area contributed by atoms with E-state index in [0.717, 1.165) is 11.3 Å². The van der Waals surface area contributed by atoms with Gasteiger partial charge in [0.2, 0.25) is 5.91 Å². The van der Waals surface area contributed by atoms with E-state index in [0.29, 0.717) is 22.9 Å². The van der Waals surface area contributed by atoms with Crippen LogP contribution < -0.4 is 20.2 Å². The Labute approximate surface area is 209 Å². The van der Waals surface area contributed by atoms with Crippen molar-refractivity contribution in [2.24, 2.45) is 5.10 Å². The quantitative estimate of drug-likeness (QED) is 0.299. The summed E-state index contributed by atoms with van der Waals surface area (Å²) < 4.78 is 10.8. The lowest BCUT2D eigenvalue weighted by Gasteiger charge is -2.10. The normalized spacial score (nSPS) is 10.7. The average molecular weight is 492 g/mol. The molecule has 0 unspecified atom stereocenters. The van der Waals surface area contributed by atoms with E-state index in [2.05, 4.69) is 47.9 Å². The number of methoxy groups -OCH3 is 1. The number of amides is 2. The first-order valence-electron chi connectivity index (χ1n) is 11.1. The molecule has 3 aromatic rings. The van der Waals surface area contributed by atoms with Gasteiger partial charge in [0.05, 0.1) is 24.8 Å². The summed E-state index contributed by atoms with van der Waals surface area (Å²) in [5.41, 5.74) is 7.58. The van der Waals surface area contributed by atoms with E-state index in [1.807, 2.05) is 12.1 Å². The van der Waals surface area contributed by atoms with Crippen LogP contribution in [0.2, 0.25) is 0 Å². The minimum absolute atomic E-state index is 0.138. The molecule has 0 aromatic heterocycles. The standard InChI is InChI=1S/C27H29N3O4S/c1-19-12-20(2)14-22(13-19)17-35-18-27(32)30-28-15-21-8-10-23(11-9-21)34-16-26(31)29-24-6-4-5-7-25(24)33-3/h4-15H,16-18H2,1-3H3,(H,29,31)(H,30,32)/b28-15-. The molecule has 8 heteroatoms. The molecule has 0 atom stereocenters. The lowest BCUT2D eigenvalue weighted by Crippen LogP contribution is -2.20. The smallest absolute Gasteiger partial charge is 0.262 e. The molecule has 2 N–H and O–H groups in total. The number of nitrogens with one attached hydrogen (secondary N) is 2. The summed E-state index contributed by atoms with van der Waals surface area (Å²) in [6.45, 7) is 4.00. The minimum atomic E-state index is -0.293.